The number of piperazine rings is 1. The maximum absolute atomic E-state index is 15.1. The number of cyclic esters (lactones) is 1. The lowest BCUT2D eigenvalue weighted by molar-refractivity contribution is -0.176. The summed E-state index contributed by atoms with van der Waals surface area (Å²) in [5.41, 5.74) is 1.20. The number of hydrogen-bond donors (Lipinski definition) is 2. The van der Waals surface area contributed by atoms with E-state index in [9.17, 15) is 27.6 Å². The minimum absolute atomic E-state index is 0.000445. The molecule has 2 heterocycles. The Morgan fingerprint density at radius 2 is 1.72 bits per heavy atom. The van der Waals surface area contributed by atoms with Crippen LogP contribution in [0.5, 0.6) is 0 Å². The molecule has 0 spiro atoms. The summed E-state index contributed by atoms with van der Waals surface area (Å²) in [5, 5.41) is 4.40. The average Bonchev–Trinajstić information content (AvgIpc) is 3.15. The van der Waals surface area contributed by atoms with E-state index >= 15 is 4.39 Å². The van der Waals surface area contributed by atoms with Gasteiger partial charge >= 0.3 is 18.2 Å². The SMILES string of the molecule is CC(=O)NCC1CN(c2ccc(N3CCN(C(NC(=O)C(F)(F)F)C(Br)(Br)Br)C(F)C3)cc2)C(=O)O1. The van der Waals surface area contributed by atoms with Gasteiger partial charge in [-0.15, -0.1) is 0 Å². The second kappa shape index (κ2) is 11.4. The molecule has 1 aromatic carbocycles. The van der Waals surface area contributed by atoms with Crippen LogP contribution in [0.4, 0.5) is 33.7 Å². The Morgan fingerprint density at radius 3 is 2.25 bits per heavy atom. The molecule has 3 rings (SSSR count). The van der Waals surface area contributed by atoms with E-state index < -0.39 is 38.9 Å². The van der Waals surface area contributed by atoms with Gasteiger partial charge < -0.3 is 20.3 Å². The molecule has 0 aliphatic carbocycles. The highest BCUT2D eigenvalue weighted by Crippen LogP contribution is 2.40. The predicted molar refractivity (Wildman–Crippen MR) is 134 cm³/mol. The monoisotopic (exact) mass is 709 g/mol. The first kappa shape index (κ1) is 28.9. The summed E-state index contributed by atoms with van der Waals surface area (Å²) in [6, 6.07) is 6.73. The van der Waals surface area contributed by atoms with E-state index in [0.29, 0.717) is 11.4 Å². The number of nitrogens with one attached hydrogen (secondary N) is 2. The van der Waals surface area contributed by atoms with Gasteiger partial charge in [0.15, 0.2) is 8.44 Å². The van der Waals surface area contributed by atoms with Crippen molar-refractivity contribution in [2.24, 2.45) is 0 Å². The van der Waals surface area contributed by atoms with Crippen molar-refractivity contribution in [2.45, 2.75) is 33.8 Å². The third-order valence-electron chi connectivity index (χ3n) is 5.51. The van der Waals surface area contributed by atoms with Gasteiger partial charge in [-0.25, -0.2) is 14.1 Å². The van der Waals surface area contributed by atoms with Gasteiger partial charge in [-0.2, -0.15) is 13.2 Å². The quantitative estimate of drug-likeness (QED) is 0.267. The molecule has 3 unspecified atom stereocenters. The molecule has 0 saturated carbocycles. The first-order valence-electron chi connectivity index (χ1n) is 10.6. The van der Waals surface area contributed by atoms with Crippen LogP contribution in [-0.4, -0.2) is 82.4 Å². The number of amides is 3. The summed E-state index contributed by atoms with van der Waals surface area (Å²) in [6.07, 6.45) is -9.29. The van der Waals surface area contributed by atoms with Gasteiger partial charge in [-0.3, -0.25) is 14.5 Å². The van der Waals surface area contributed by atoms with Crippen molar-refractivity contribution in [3.05, 3.63) is 24.3 Å². The summed E-state index contributed by atoms with van der Waals surface area (Å²) in [4.78, 5) is 39.0. The van der Waals surface area contributed by atoms with Crippen molar-refractivity contribution in [1.29, 1.82) is 0 Å². The fourth-order valence-corrected chi connectivity index (χ4v) is 4.91. The first-order chi connectivity index (χ1) is 16.7. The predicted octanol–water partition coefficient (Wildman–Crippen LogP) is 3.41. The molecule has 16 heteroatoms. The Kier molecular flexibility index (Phi) is 9.15. The number of carbonyl (C=O) groups excluding carboxylic acids is 3. The molecular weight excluding hydrogens is 690 g/mol. The first-order valence-corrected chi connectivity index (χ1v) is 13.0. The van der Waals surface area contributed by atoms with Crippen LogP contribution < -0.4 is 20.4 Å². The van der Waals surface area contributed by atoms with Crippen molar-refractivity contribution in [2.75, 3.05) is 42.5 Å². The van der Waals surface area contributed by atoms with Crippen molar-refractivity contribution in [3.8, 4) is 0 Å². The number of carbonyl (C=O) groups is 3. The molecular formula is C20H22Br3F4N5O4. The fraction of sp³-hybridized carbons (Fsp3) is 0.550. The van der Waals surface area contributed by atoms with Gasteiger partial charge in [-0.05, 0) is 24.3 Å². The van der Waals surface area contributed by atoms with E-state index in [1.165, 1.54) is 11.8 Å². The van der Waals surface area contributed by atoms with Crippen molar-refractivity contribution in [1.82, 2.24) is 15.5 Å². The number of anilines is 2. The molecule has 36 heavy (non-hydrogen) atoms. The van der Waals surface area contributed by atoms with Crippen molar-refractivity contribution in [3.63, 3.8) is 0 Å². The van der Waals surface area contributed by atoms with Crippen LogP contribution in [0.2, 0.25) is 0 Å². The molecule has 0 bridgehead atoms. The number of rotatable bonds is 6. The van der Waals surface area contributed by atoms with Gasteiger partial charge in [0.1, 0.15) is 12.3 Å². The summed E-state index contributed by atoms with van der Waals surface area (Å²) in [7, 11) is 0. The number of ether oxygens (including phenoxy) is 1. The van der Waals surface area contributed by atoms with E-state index in [0.717, 1.165) is 4.90 Å². The van der Waals surface area contributed by atoms with Crippen LogP contribution in [0.15, 0.2) is 24.3 Å². The van der Waals surface area contributed by atoms with E-state index in [-0.39, 0.29) is 38.6 Å². The van der Waals surface area contributed by atoms with Crippen LogP contribution in [0.25, 0.3) is 0 Å². The van der Waals surface area contributed by atoms with Gasteiger partial charge in [0.25, 0.3) is 0 Å². The minimum atomic E-state index is -5.13. The molecule has 2 saturated heterocycles. The summed E-state index contributed by atoms with van der Waals surface area (Å²) in [6.45, 7) is 1.89. The zero-order valence-corrected chi connectivity index (χ0v) is 23.5. The second-order valence-corrected chi connectivity index (χ2v) is 15.0. The second-order valence-electron chi connectivity index (χ2n) is 8.10. The fourth-order valence-electron chi connectivity index (χ4n) is 3.78. The highest BCUT2D eigenvalue weighted by molar-refractivity contribution is 9.39. The standard InChI is InChI=1S/C20H22Br3F4N5O4/c1-11(33)28-8-14-9-32(18(35)36-14)13-4-2-12(3-5-13)30-6-7-31(15(24)10-30)16(19(21,22)23)29-17(34)20(25,26)27/h2-5,14-16H,6-10H2,1H3,(H,28,33)(H,29,34). The molecule has 2 aliphatic heterocycles. The number of nitrogens with zero attached hydrogens (tertiary/aromatic N) is 3. The lowest BCUT2D eigenvalue weighted by Gasteiger charge is -2.44. The molecule has 0 aromatic heterocycles. The van der Waals surface area contributed by atoms with Gasteiger partial charge in [0, 0.05) is 31.4 Å². The van der Waals surface area contributed by atoms with Gasteiger partial charge in [0.05, 0.1) is 19.6 Å². The van der Waals surface area contributed by atoms with E-state index in [4.69, 9.17) is 4.74 Å². The lowest BCUT2D eigenvalue weighted by Crippen LogP contribution is -2.64. The Balaban J connectivity index is 1.64. The zero-order chi connectivity index (χ0) is 26.8. The maximum atomic E-state index is 15.1. The molecule has 1 aromatic rings. The molecule has 2 N–H and O–H groups in total. The third kappa shape index (κ3) is 7.22. The normalized spacial score (nSPS) is 22.3. The van der Waals surface area contributed by atoms with Crippen molar-refractivity contribution >= 4 is 77.1 Å². The van der Waals surface area contributed by atoms with Crippen LogP contribution in [-0.2, 0) is 14.3 Å². The number of hydrogen-bond acceptors (Lipinski definition) is 6. The highest BCUT2D eigenvalue weighted by atomic mass is 80.0. The van der Waals surface area contributed by atoms with Crippen molar-refractivity contribution < 1.29 is 36.7 Å². The topological polar surface area (TPSA) is 94.2 Å². The molecule has 3 amide bonds. The highest BCUT2D eigenvalue weighted by Gasteiger charge is 2.47. The van der Waals surface area contributed by atoms with Crippen LogP contribution in [0.1, 0.15) is 6.92 Å². The average molecular weight is 712 g/mol. The molecule has 3 atom stereocenters. The largest absolute Gasteiger partial charge is 0.471 e. The third-order valence-corrected chi connectivity index (χ3v) is 6.81. The number of benzene rings is 1. The van der Waals surface area contributed by atoms with Gasteiger partial charge in [-0.1, -0.05) is 47.8 Å². The molecule has 2 fully saturated rings. The summed E-state index contributed by atoms with van der Waals surface area (Å²) >= 11 is 9.29. The summed E-state index contributed by atoms with van der Waals surface area (Å²) < 4.78 is 57.3. The Hall–Kier alpha value is -1.65. The molecule has 2 aliphatic rings. The zero-order valence-electron chi connectivity index (χ0n) is 18.7. The molecule has 9 nitrogen and oxygen atoms in total. The smallest absolute Gasteiger partial charge is 0.442 e. The molecule has 0 radical (unpaired) electrons. The Morgan fingerprint density at radius 1 is 1.11 bits per heavy atom. The Labute approximate surface area is 229 Å². The van der Waals surface area contributed by atoms with Crippen LogP contribution in [0.3, 0.4) is 0 Å². The Bertz CT molecular complexity index is 980. The van der Waals surface area contributed by atoms with E-state index in [1.807, 2.05) is 0 Å². The van der Waals surface area contributed by atoms with Crippen LogP contribution in [0, 0.1) is 0 Å². The van der Waals surface area contributed by atoms with E-state index in [1.54, 1.807) is 34.5 Å². The minimum Gasteiger partial charge on any atom is -0.442 e. The van der Waals surface area contributed by atoms with Gasteiger partial charge in [0.2, 0.25) is 5.91 Å². The molecule has 200 valence electrons. The lowest BCUT2D eigenvalue weighted by atomic mass is 10.2. The number of alkyl halides is 7. The van der Waals surface area contributed by atoms with E-state index in [2.05, 4.69) is 53.1 Å². The number of halogens is 7. The summed E-state index contributed by atoms with van der Waals surface area (Å²) in [5.74, 6) is -2.43. The van der Waals surface area contributed by atoms with Crippen LogP contribution >= 0.6 is 47.8 Å². The maximum Gasteiger partial charge on any atom is 0.471 e.